The maximum Gasteiger partial charge on any atom is 0.355 e. The van der Waals surface area contributed by atoms with Crippen LogP contribution in [0, 0.1) is 6.92 Å². The van der Waals surface area contributed by atoms with E-state index in [0.717, 1.165) is 23.5 Å². The van der Waals surface area contributed by atoms with Crippen LogP contribution in [0.2, 0.25) is 0 Å². The standard InChI is InChI=1S/C13H15N3O3S2/c1-3-4-9-15-7(2)11(21-9)12(17)14-5-10-16-8(6-20-10)13(18)19/h6H,3-5H2,1-2H3,(H,14,17)(H,18,19). The van der Waals surface area contributed by atoms with Crippen molar-refractivity contribution in [1.29, 1.82) is 0 Å². The Morgan fingerprint density at radius 1 is 1.33 bits per heavy atom. The van der Waals surface area contributed by atoms with Crippen LogP contribution in [0.25, 0.3) is 0 Å². The lowest BCUT2D eigenvalue weighted by atomic mass is 10.3. The molecular formula is C13H15N3O3S2. The molecule has 0 spiro atoms. The summed E-state index contributed by atoms with van der Waals surface area (Å²) in [5.74, 6) is -1.26. The van der Waals surface area contributed by atoms with Crippen LogP contribution in [-0.2, 0) is 13.0 Å². The van der Waals surface area contributed by atoms with Crippen LogP contribution in [0.4, 0.5) is 0 Å². The number of nitrogens with zero attached hydrogens (tertiary/aromatic N) is 2. The summed E-state index contributed by atoms with van der Waals surface area (Å²) in [5, 5.41) is 14.5. The van der Waals surface area contributed by atoms with Crippen molar-refractivity contribution in [1.82, 2.24) is 15.3 Å². The zero-order valence-corrected chi connectivity index (χ0v) is 13.3. The Balaban J connectivity index is 1.99. The summed E-state index contributed by atoms with van der Waals surface area (Å²) in [6.07, 6.45) is 1.86. The van der Waals surface area contributed by atoms with E-state index in [4.69, 9.17) is 5.11 Å². The van der Waals surface area contributed by atoms with Crippen LogP contribution >= 0.6 is 22.7 Å². The van der Waals surface area contributed by atoms with Gasteiger partial charge in [-0.3, -0.25) is 4.79 Å². The smallest absolute Gasteiger partial charge is 0.355 e. The van der Waals surface area contributed by atoms with Gasteiger partial charge in [-0.1, -0.05) is 6.92 Å². The largest absolute Gasteiger partial charge is 0.476 e. The van der Waals surface area contributed by atoms with Gasteiger partial charge in [0.25, 0.3) is 5.91 Å². The van der Waals surface area contributed by atoms with Gasteiger partial charge in [0.05, 0.1) is 17.2 Å². The molecule has 0 unspecified atom stereocenters. The Labute approximate surface area is 129 Å². The molecule has 2 N–H and O–H groups in total. The minimum atomic E-state index is -1.06. The maximum absolute atomic E-state index is 12.1. The zero-order valence-electron chi connectivity index (χ0n) is 11.7. The van der Waals surface area contributed by atoms with Crippen molar-refractivity contribution in [2.75, 3.05) is 0 Å². The van der Waals surface area contributed by atoms with Crippen LogP contribution in [0.5, 0.6) is 0 Å². The van der Waals surface area contributed by atoms with Gasteiger partial charge >= 0.3 is 5.97 Å². The molecule has 0 atom stereocenters. The molecule has 0 aliphatic carbocycles. The van der Waals surface area contributed by atoms with E-state index in [1.54, 1.807) is 0 Å². The molecule has 21 heavy (non-hydrogen) atoms. The maximum atomic E-state index is 12.1. The molecule has 2 heterocycles. The summed E-state index contributed by atoms with van der Waals surface area (Å²) >= 11 is 2.62. The molecule has 0 saturated carbocycles. The Bertz CT molecular complexity index is 663. The first kappa shape index (κ1) is 15.6. The topological polar surface area (TPSA) is 92.2 Å². The first-order valence-corrected chi connectivity index (χ1v) is 8.13. The molecule has 0 saturated heterocycles. The van der Waals surface area contributed by atoms with E-state index in [2.05, 4.69) is 22.2 Å². The molecule has 0 aliphatic heterocycles. The van der Waals surface area contributed by atoms with Gasteiger partial charge in [-0.25, -0.2) is 14.8 Å². The van der Waals surface area contributed by atoms with Crippen LogP contribution in [0.15, 0.2) is 5.38 Å². The molecule has 2 rings (SSSR count). The summed E-state index contributed by atoms with van der Waals surface area (Å²) in [4.78, 5) is 31.8. The number of amides is 1. The number of carbonyl (C=O) groups is 2. The van der Waals surface area contributed by atoms with Gasteiger partial charge in [0.2, 0.25) is 0 Å². The van der Waals surface area contributed by atoms with E-state index < -0.39 is 5.97 Å². The van der Waals surface area contributed by atoms with Gasteiger partial charge in [0.15, 0.2) is 5.69 Å². The predicted octanol–water partition coefficient (Wildman–Crippen LogP) is 2.49. The Morgan fingerprint density at radius 2 is 2.10 bits per heavy atom. The minimum Gasteiger partial charge on any atom is -0.476 e. The first-order valence-electron chi connectivity index (χ1n) is 6.43. The summed E-state index contributed by atoms with van der Waals surface area (Å²) < 4.78 is 0. The Kier molecular flexibility index (Phi) is 5.03. The van der Waals surface area contributed by atoms with Gasteiger partial charge in [-0.15, -0.1) is 22.7 Å². The highest BCUT2D eigenvalue weighted by atomic mass is 32.1. The van der Waals surface area contributed by atoms with Crippen molar-refractivity contribution >= 4 is 34.6 Å². The quantitative estimate of drug-likeness (QED) is 0.851. The van der Waals surface area contributed by atoms with Crippen molar-refractivity contribution in [3.63, 3.8) is 0 Å². The van der Waals surface area contributed by atoms with Crippen molar-refractivity contribution < 1.29 is 14.7 Å². The van der Waals surface area contributed by atoms with Crippen molar-refractivity contribution in [2.24, 2.45) is 0 Å². The van der Waals surface area contributed by atoms with Crippen LogP contribution < -0.4 is 5.32 Å². The molecule has 0 bridgehead atoms. The SMILES string of the molecule is CCCc1nc(C)c(C(=O)NCc2nc(C(=O)O)cs2)s1. The highest BCUT2D eigenvalue weighted by molar-refractivity contribution is 7.13. The fourth-order valence-corrected chi connectivity index (χ4v) is 3.50. The van der Waals surface area contributed by atoms with Gasteiger partial charge in [-0.05, 0) is 19.8 Å². The van der Waals surface area contributed by atoms with E-state index in [0.29, 0.717) is 9.88 Å². The molecule has 8 heteroatoms. The molecule has 0 aromatic carbocycles. The molecule has 2 aromatic rings. The summed E-state index contributed by atoms with van der Waals surface area (Å²) in [7, 11) is 0. The Morgan fingerprint density at radius 3 is 2.71 bits per heavy atom. The number of hydrogen-bond acceptors (Lipinski definition) is 6. The third kappa shape index (κ3) is 3.85. The molecule has 1 amide bonds. The van der Waals surface area contributed by atoms with Crippen molar-refractivity contribution in [2.45, 2.75) is 33.2 Å². The van der Waals surface area contributed by atoms with E-state index in [1.807, 2.05) is 6.92 Å². The second kappa shape index (κ2) is 6.77. The van der Waals surface area contributed by atoms with Gasteiger partial charge in [0.1, 0.15) is 9.88 Å². The minimum absolute atomic E-state index is 0.00320. The number of rotatable bonds is 6. The number of carbonyl (C=O) groups excluding carboxylic acids is 1. The molecule has 0 fully saturated rings. The lowest BCUT2D eigenvalue weighted by Gasteiger charge is -2.00. The molecule has 2 aromatic heterocycles. The van der Waals surface area contributed by atoms with Crippen molar-refractivity contribution in [3.8, 4) is 0 Å². The third-order valence-electron chi connectivity index (χ3n) is 2.68. The van der Waals surface area contributed by atoms with Crippen molar-refractivity contribution in [3.05, 3.63) is 31.7 Å². The van der Waals surface area contributed by atoms with Gasteiger partial charge < -0.3 is 10.4 Å². The van der Waals surface area contributed by atoms with E-state index in [1.165, 1.54) is 28.1 Å². The number of aromatic carboxylic acids is 1. The molecule has 6 nitrogen and oxygen atoms in total. The number of carboxylic acid groups (broad SMARTS) is 1. The van der Waals surface area contributed by atoms with Crippen LogP contribution in [0.1, 0.15) is 49.2 Å². The fourth-order valence-electron chi connectivity index (χ4n) is 1.71. The Hall–Kier alpha value is -1.80. The number of thiazole rings is 2. The van der Waals surface area contributed by atoms with E-state index in [9.17, 15) is 9.59 Å². The monoisotopic (exact) mass is 325 g/mol. The highest BCUT2D eigenvalue weighted by Crippen LogP contribution is 2.19. The summed E-state index contributed by atoms with van der Waals surface area (Å²) in [6.45, 7) is 4.10. The normalized spacial score (nSPS) is 10.6. The average Bonchev–Trinajstić information content (AvgIpc) is 3.03. The number of aromatic nitrogens is 2. The lowest BCUT2D eigenvalue weighted by molar-refractivity contribution is 0.0691. The number of nitrogens with one attached hydrogen (secondary N) is 1. The second-order valence-corrected chi connectivity index (χ2v) is 6.41. The zero-order chi connectivity index (χ0) is 15.4. The summed E-state index contributed by atoms with van der Waals surface area (Å²) in [5.41, 5.74) is 0.731. The number of aryl methyl sites for hydroxylation is 2. The van der Waals surface area contributed by atoms with Crippen LogP contribution in [-0.4, -0.2) is 27.0 Å². The molecule has 112 valence electrons. The van der Waals surface area contributed by atoms with E-state index in [-0.39, 0.29) is 18.1 Å². The second-order valence-electron chi connectivity index (χ2n) is 4.39. The molecular weight excluding hydrogens is 310 g/mol. The first-order chi connectivity index (χ1) is 10.0. The van der Waals surface area contributed by atoms with Crippen LogP contribution in [0.3, 0.4) is 0 Å². The predicted molar refractivity (Wildman–Crippen MR) is 81.1 cm³/mol. The van der Waals surface area contributed by atoms with Gasteiger partial charge in [0, 0.05) is 5.38 Å². The molecule has 0 aliphatic rings. The third-order valence-corrected chi connectivity index (χ3v) is 4.75. The number of hydrogen-bond donors (Lipinski definition) is 2. The number of carboxylic acids is 1. The molecule has 0 radical (unpaired) electrons. The van der Waals surface area contributed by atoms with Gasteiger partial charge in [-0.2, -0.15) is 0 Å². The highest BCUT2D eigenvalue weighted by Gasteiger charge is 2.15. The lowest BCUT2D eigenvalue weighted by Crippen LogP contribution is -2.22. The fraction of sp³-hybridized carbons (Fsp3) is 0.385. The average molecular weight is 325 g/mol. The summed E-state index contributed by atoms with van der Waals surface area (Å²) in [6, 6.07) is 0. The van der Waals surface area contributed by atoms with E-state index >= 15 is 0 Å².